The summed E-state index contributed by atoms with van der Waals surface area (Å²) in [6, 6.07) is 14.0. The molecule has 0 saturated carbocycles. The highest BCUT2D eigenvalue weighted by Gasteiger charge is 2.17. The molecule has 1 N–H and O–H groups in total. The summed E-state index contributed by atoms with van der Waals surface area (Å²) >= 11 is 7.54. The first-order valence-corrected chi connectivity index (χ1v) is 11.0. The number of aromatic nitrogens is 1. The minimum Gasteiger partial charge on any atom is -0.484 e. The maximum atomic E-state index is 12.5. The fourth-order valence-corrected chi connectivity index (χ4v) is 3.98. The molecule has 1 aliphatic rings. The number of benzene rings is 2. The van der Waals surface area contributed by atoms with Crippen LogP contribution in [-0.2, 0) is 9.53 Å². The smallest absolute Gasteiger partial charge is 0.260 e. The molecule has 1 saturated heterocycles. The highest BCUT2D eigenvalue weighted by atomic mass is 35.5. The summed E-state index contributed by atoms with van der Waals surface area (Å²) < 4.78 is 10.8. The predicted molar refractivity (Wildman–Crippen MR) is 120 cm³/mol. The van der Waals surface area contributed by atoms with Crippen molar-refractivity contribution in [2.45, 2.75) is 0 Å². The highest BCUT2D eigenvalue weighted by Crippen LogP contribution is 2.30. The quantitative estimate of drug-likeness (QED) is 0.606. The third-order valence-electron chi connectivity index (χ3n) is 4.72. The van der Waals surface area contributed by atoms with Crippen LogP contribution < -0.4 is 10.1 Å². The topological polar surface area (TPSA) is 80.8 Å². The van der Waals surface area contributed by atoms with Crippen LogP contribution >= 0.6 is 22.9 Å². The maximum Gasteiger partial charge on any atom is 0.260 e. The monoisotopic (exact) mass is 457 g/mol. The number of nitrogens with zero attached hydrogens (tertiary/aromatic N) is 2. The first-order chi connectivity index (χ1) is 15.1. The van der Waals surface area contributed by atoms with E-state index in [2.05, 4.69) is 10.3 Å². The number of thiazole rings is 1. The zero-order valence-corrected chi connectivity index (χ0v) is 18.1. The minimum absolute atomic E-state index is 0.0461. The van der Waals surface area contributed by atoms with Gasteiger partial charge in [0.2, 0.25) is 0 Å². The van der Waals surface area contributed by atoms with E-state index in [9.17, 15) is 9.59 Å². The van der Waals surface area contributed by atoms with E-state index in [0.29, 0.717) is 53.5 Å². The summed E-state index contributed by atoms with van der Waals surface area (Å²) in [6.07, 6.45) is 0. The number of hydrogen-bond donors (Lipinski definition) is 1. The second-order valence-electron chi connectivity index (χ2n) is 6.78. The minimum atomic E-state index is -0.281. The Labute approximate surface area is 188 Å². The molecular formula is C22H20ClN3O4S. The van der Waals surface area contributed by atoms with E-state index in [1.54, 1.807) is 35.2 Å². The average molecular weight is 458 g/mol. The molecular weight excluding hydrogens is 438 g/mol. The van der Waals surface area contributed by atoms with Crippen LogP contribution in [0.15, 0.2) is 53.9 Å². The van der Waals surface area contributed by atoms with Gasteiger partial charge in [0, 0.05) is 34.6 Å². The van der Waals surface area contributed by atoms with Crippen molar-refractivity contribution in [2.24, 2.45) is 0 Å². The lowest BCUT2D eigenvalue weighted by Crippen LogP contribution is -2.42. The number of rotatable bonds is 6. The van der Waals surface area contributed by atoms with E-state index in [1.807, 2.05) is 23.6 Å². The number of carbonyl (C=O) groups is 2. The number of carbonyl (C=O) groups excluding carboxylic acids is 2. The van der Waals surface area contributed by atoms with Gasteiger partial charge in [0.05, 0.1) is 18.9 Å². The van der Waals surface area contributed by atoms with Crippen molar-refractivity contribution in [1.82, 2.24) is 9.88 Å². The Kier molecular flexibility index (Phi) is 6.81. The van der Waals surface area contributed by atoms with Gasteiger partial charge in [0.15, 0.2) is 11.7 Å². The first-order valence-electron chi connectivity index (χ1n) is 9.70. The van der Waals surface area contributed by atoms with Gasteiger partial charge < -0.3 is 14.4 Å². The van der Waals surface area contributed by atoms with Gasteiger partial charge >= 0.3 is 0 Å². The number of morpholine rings is 1. The lowest BCUT2D eigenvalue weighted by atomic mass is 10.2. The third-order valence-corrected chi connectivity index (χ3v) is 5.80. The average Bonchev–Trinajstić information content (AvgIpc) is 3.26. The molecule has 4 rings (SSSR count). The SMILES string of the molecule is O=C(Nc1nc(-c2ccccc2Cl)cs1)c1ccc(OCC(=O)N2CCOCC2)cc1. The number of nitrogens with one attached hydrogen (secondary N) is 1. The Hall–Kier alpha value is -2.94. The van der Waals surface area contributed by atoms with E-state index in [-0.39, 0.29) is 18.4 Å². The summed E-state index contributed by atoms with van der Waals surface area (Å²) in [4.78, 5) is 30.8. The van der Waals surface area contributed by atoms with Crippen molar-refractivity contribution >= 4 is 39.9 Å². The highest BCUT2D eigenvalue weighted by molar-refractivity contribution is 7.14. The van der Waals surface area contributed by atoms with Crippen LogP contribution in [-0.4, -0.2) is 54.6 Å². The van der Waals surface area contributed by atoms with Crippen molar-refractivity contribution in [3.63, 3.8) is 0 Å². The molecule has 0 bridgehead atoms. The van der Waals surface area contributed by atoms with Crippen molar-refractivity contribution in [3.05, 3.63) is 64.5 Å². The van der Waals surface area contributed by atoms with Crippen molar-refractivity contribution in [3.8, 4) is 17.0 Å². The third kappa shape index (κ3) is 5.41. The normalized spacial score (nSPS) is 13.6. The van der Waals surface area contributed by atoms with Crippen LogP contribution in [0.1, 0.15) is 10.4 Å². The predicted octanol–water partition coefficient (Wildman–Crippen LogP) is 3.95. The number of halogens is 1. The molecule has 0 unspecified atom stereocenters. The standard InChI is InChI=1S/C22H20ClN3O4S/c23-18-4-2-1-3-17(18)19-14-31-22(24-19)25-21(28)15-5-7-16(8-6-15)30-13-20(27)26-9-11-29-12-10-26/h1-8,14H,9-13H2,(H,24,25,28). The Morgan fingerprint density at radius 3 is 2.61 bits per heavy atom. The summed E-state index contributed by atoms with van der Waals surface area (Å²) in [6.45, 7) is 2.21. The molecule has 160 valence electrons. The summed E-state index contributed by atoms with van der Waals surface area (Å²) in [5, 5.41) is 5.73. The number of anilines is 1. The molecule has 1 aliphatic heterocycles. The summed E-state index contributed by atoms with van der Waals surface area (Å²) in [5.74, 6) is 0.160. The lowest BCUT2D eigenvalue weighted by molar-refractivity contribution is -0.137. The fraction of sp³-hybridized carbons (Fsp3) is 0.227. The molecule has 7 nitrogen and oxygen atoms in total. The van der Waals surface area contributed by atoms with E-state index in [1.165, 1.54) is 11.3 Å². The molecule has 2 aromatic carbocycles. The van der Waals surface area contributed by atoms with Crippen LogP contribution in [0.4, 0.5) is 5.13 Å². The van der Waals surface area contributed by atoms with Crippen LogP contribution in [0, 0.1) is 0 Å². The molecule has 2 heterocycles. The molecule has 2 amide bonds. The van der Waals surface area contributed by atoms with Crippen LogP contribution in [0.3, 0.4) is 0 Å². The van der Waals surface area contributed by atoms with Gasteiger partial charge in [-0.2, -0.15) is 0 Å². The van der Waals surface area contributed by atoms with Gasteiger partial charge in [0.1, 0.15) is 5.75 Å². The molecule has 1 aromatic heterocycles. The maximum absolute atomic E-state index is 12.5. The van der Waals surface area contributed by atoms with E-state index in [4.69, 9.17) is 21.1 Å². The van der Waals surface area contributed by atoms with E-state index >= 15 is 0 Å². The summed E-state index contributed by atoms with van der Waals surface area (Å²) in [5.41, 5.74) is 1.98. The molecule has 0 radical (unpaired) electrons. The Morgan fingerprint density at radius 2 is 1.87 bits per heavy atom. The van der Waals surface area contributed by atoms with Gasteiger partial charge in [0.25, 0.3) is 11.8 Å². The fourth-order valence-electron chi connectivity index (χ4n) is 3.04. The van der Waals surface area contributed by atoms with Crippen LogP contribution in [0.2, 0.25) is 5.02 Å². The molecule has 0 atom stereocenters. The Balaban J connectivity index is 1.32. The molecule has 0 aliphatic carbocycles. The van der Waals surface area contributed by atoms with Crippen LogP contribution in [0.5, 0.6) is 5.75 Å². The number of ether oxygens (including phenoxy) is 2. The molecule has 31 heavy (non-hydrogen) atoms. The van der Waals surface area contributed by atoms with Gasteiger partial charge in [-0.15, -0.1) is 11.3 Å². The Bertz CT molecular complexity index is 1060. The molecule has 1 fully saturated rings. The Morgan fingerprint density at radius 1 is 1.13 bits per heavy atom. The second-order valence-corrected chi connectivity index (χ2v) is 8.04. The zero-order valence-electron chi connectivity index (χ0n) is 16.5. The van der Waals surface area contributed by atoms with Crippen molar-refractivity contribution < 1.29 is 19.1 Å². The second kappa shape index (κ2) is 9.91. The van der Waals surface area contributed by atoms with Crippen molar-refractivity contribution in [2.75, 3.05) is 38.2 Å². The first kappa shape index (κ1) is 21.3. The lowest BCUT2D eigenvalue weighted by Gasteiger charge is -2.26. The van der Waals surface area contributed by atoms with Gasteiger partial charge in [-0.25, -0.2) is 4.98 Å². The molecule has 9 heteroatoms. The number of amides is 2. The molecule has 0 spiro atoms. The summed E-state index contributed by atoms with van der Waals surface area (Å²) in [7, 11) is 0. The van der Waals surface area contributed by atoms with Gasteiger partial charge in [-0.05, 0) is 30.3 Å². The van der Waals surface area contributed by atoms with Gasteiger partial charge in [-0.3, -0.25) is 14.9 Å². The van der Waals surface area contributed by atoms with E-state index in [0.717, 1.165) is 5.56 Å². The van der Waals surface area contributed by atoms with Crippen molar-refractivity contribution in [1.29, 1.82) is 0 Å². The van der Waals surface area contributed by atoms with E-state index < -0.39 is 0 Å². The zero-order chi connectivity index (χ0) is 21.6. The number of hydrogen-bond acceptors (Lipinski definition) is 6. The largest absolute Gasteiger partial charge is 0.484 e. The van der Waals surface area contributed by atoms with Gasteiger partial charge in [-0.1, -0.05) is 29.8 Å². The van der Waals surface area contributed by atoms with Crippen LogP contribution in [0.25, 0.3) is 11.3 Å². The molecule has 3 aromatic rings.